The number of imidazole rings is 1. The summed E-state index contributed by atoms with van der Waals surface area (Å²) in [5.74, 6) is 1.22. The number of methoxy groups -OCH3 is 2. The molecule has 0 aliphatic heterocycles. The van der Waals surface area contributed by atoms with Crippen LogP contribution in [0.3, 0.4) is 0 Å². The van der Waals surface area contributed by atoms with E-state index in [0.29, 0.717) is 12.6 Å². The average molecular weight is 283 g/mol. The number of benzene rings is 2. The molecule has 0 fully saturated rings. The van der Waals surface area contributed by atoms with E-state index in [-0.39, 0.29) is 0 Å². The molecule has 0 spiro atoms. The predicted molar refractivity (Wildman–Crippen MR) is 82.7 cm³/mol. The Balaban J connectivity index is 2.26. The van der Waals surface area contributed by atoms with Gasteiger partial charge in [-0.1, -0.05) is 18.2 Å². The quantitative estimate of drug-likeness (QED) is 0.799. The first-order valence-corrected chi connectivity index (χ1v) is 6.63. The van der Waals surface area contributed by atoms with Gasteiger partial charge in [-0.2, -0.15) is 0 Å². The van der Waals surface area contributed by atoms with Gasteiger partial charge in [-0.05, 0) is 18.2 Å². The van der Waals surface area contributed by atoms with Crippen molar-refractivity contribution < 1.29 is 9.47 Å². The molecular weight excluding hydrogens is 266 g/mol. The molecule has 0 radical (unpaired) electrons. The third kappa shape index (κ3) is 2.32. The van der Waals surface area contributed by atoms with Crippen molar-refractivity contribution in [3.05, 3.63) is 48.0 Å². The Morgan fingerprint density at radius 1 is 1.14 bits per heavy atom. The largest absolute Gasteiger partial charge is 0.497 e. The molecule has 0 saturated heterocycles. The maximum absolute atomic E-state index is 6.11. The molecule has 0 saturated carbocycles. The van der Waals surface area contributed by atoms with Gasteiger partial charge >= 0.3 is 0 Å². The van der Waals surface area contributed by atoms with Crippen molar-refractivity contribution in [2.24, 2.45) is 0 Å². The second-order valence-corrected chi connectivity index (χ2v) is 4.72. The van der Waals surface area contributed by atoms with Crippen molar-refractivity contribution in [3.8, 4) is 11.4 Å². The van der Waals surface area contributed by atoms with Crippen LogP contribution < -0.4 is 10.5 Å². The highest BCUT2D eigenvalue weighted by Gasteiger charge is 2.13. The third-order valence-corrected chi connectivity index (χ3v) is 3.42. The SMILES string of the molecule is COCc1ccccc1-n1c(N)nc2ccc(OC)cc21. The van der Waals surface area contributed by atoms with Gasteiger partial charge in [0.25, 0.3) is 0 Å². The molecule has 5 heteroatoms. The highest BCUT2D eigenvalue weighted by molar-refractivity contribution is 5.82. The Kier molecular flexibility index (Phi) is 3.50. The Morgan fingerprint density at radius 3 is 2.71 bits per heavy atom. The molecule has 21 heavy (non-hydrogen) atoms. The van der Waals surface area contributed by atoms with Crippen molar-refractivity contribution in [1.82, 2.24) is 9.55 Å². The monoisotopic (exact) mass is 283 g/mol. The van der Waals surface area contributed by atoms with Crippen LogP contribution in [0.1, 0.15) is 5.56 Å². The van der Waals surface area contributed by atoms with Crippen LogP contribution in [0.15, 0.2) is 42.5 Å². The van der Waals surface area contributed by atoms with Gasteiger partial charge in [0.15, 0.2) is 0 Å². The predicted octanol–water partition coefficient (Wildman–Crippen LogP) is 2.76. The number of nitrogens with zero attached hydrogens (tertiary/aromatic N) is 2. The van der Waals surface area contributed by atoms with E-state index < -0.39 is 0 Å². The summed E-state index contributed by atoms with van der Waals surface area (Å²) in [4.78, 5) is 4.41. The minimum Gasteiger partial charge on any atom is -0.497 e. The molecule has 0 bridgehead atoms. The average Bonchev–Trinajstić information content (AvgIpc) is 2.83. The van der Waals surface area contributed by atoms with Gasteiger partial charge < -0.3 is 15.2 Å². The molecule has 0 aliphatic rings. The maximum Gasteiger partial charge on any atom is 0.205 e. The first-order valence-electron chi connectivity index (χ1n) is 6.63. The van der Waals surface area contributed by atoms with E-state index >= 15 is 0 Å². The maximum atomic E-state index is 6.11. The van der Waals surface area contributed by atoms with Crippen LogP contribution >= 0.6 is 0 Å². The lowest BCUT2D eigenvalue weighted by Gasteiger charge is -2.12. The lowest BCUT2D eigenvalue weighted by Crippen LogP contribution is -2.04. The fourth-order valence-corrected chi connectivity index (χ4v) is 2.46. The number of para-hydroxylation sites is 1. The van der Waals surface area contributed by atoms with Crippen LogP contribution in [-0.4, -0.2) is 23.8 Å². The smallest absolute Gasteiger partial charge is 0.205 e. The summed E-state index contributed by atoms with van der Waals surface area (Å²) in [6.45, 7) is 0.513. The molecule has 1 aromatic heterocycles. The van der Waals surface area contributed by atoms with E-state index in [2.05, 4.69) is 4.98 Å². The molecule has 2 N–H and O–H groups in total. The third-order valence-electron chi connectivity index (χ3n) is 3.42. The topological polar surface area (TPSA) is 62.3 Å². The van der Waals surface area contributed by atoms with E-state index in [9.17, 15) is 0 Å². The highest BCUT2D eigenvalue weighted by atomic mass is 16.5. The molecule has 5 nitrogen and oxygen atoms in total. The summed E-state index contributed by atoms with van der Waals surface area (Å²) in [6.07, 6.45) is 0. The number of hydrogen-bond acceptors (Lipinski definition) is 4. The fourth-order valence-electron chi connectivity index (χ4n) is 2.46. The Hall–Kier alpha value is -2.53. The van der Waals surface area contributed by atoms with Crippen molar-refractivity contribution in [2.75, 3.05) is 20.0 Å². The van der Waals surface area contributed by atoms with Crippen molar-refractivity contribution in [3.63, 3.8) is 0 Å². The second-order valence-electron chi connectivity index (χ2n) is 4.72. The number of fused-ring (bicyclic) bond motifs is 1. The number of ether oxygens (including phenoxy) is 2. The van der Waals surface area contributed by atoms with Gasteiger partial charge in [0, 0.05) is 18.7 Å². The number of nitrogens with two attached hydrogens (primary N) is 1. The molecule has 0 atom stereocenters. The molecule has 3 rings (SSSR count). The molecule has 108 valence electrons. The molecular formula is C16H17N3O2. The van der Waals surface area contributed by atoms with E-state index in [1.165, 1.54) is 0 Å². The summed E-state index contributed by atoms with van der Waals surface area (Å²) in [6, 6.07) is 13.7. The zero-order valence-electron chi connectivity index (χ0n) is 12.0. The zero-order chi connectivity index (χ0) is 14.8. The van der Waals surface area contributed by atoms with Crippen molar-refractivity contribution >= 4 is 17.0 Å². The van der Waals surface area contributed by atoms with Crippen LogP contribution in [0.2, 0.25) is 0 Å². The van der Waals surface area contributed by atoms with Crippen LogP contribution in [0.5, 0.6) is 5.75 Å². The van der Waals surface area contributed by atoms with Crippen molar-refractivity contribution in [2.45, 2.75) is 6.61 Å². The first-order chi connectivity index (χ1) is 10.2. The van der Waals surface area contributed by atoms with Gasteiger partial charge in [0.05, 0.1) is 30.4 Å². The molecule has 2 aromatic carbocycles. The number of nitrogen functional groups attached to an aromatic ring is 1. The molecule has 1 heterocycles. The summed E-state index contributed by atoms with van der Waals surface area (Å²) < 4.78 is 12.5. The zero-order valence-corrected chi connectivity index (χ0v) is 12.0. The molecule has 0 amide bonds. The minimum atomic E-state index is 0.446. The second kappa shape index (κ2) is 5.46. The van der Waals surface area contributed by atoms with E-state index in [0.717, 1.165) is 28.0 Å². The number of aromatic nitrogens is 2. The number of hydrogen-bond donors (Lipinski definition) is 1. The molecule has 0 aliphatic carbocycles. The van der Waals surface area contributed by atoms with E-state index in [1.807, 2.05) is 47.0 Å². The van der Waals surface area contributed by atoms with Gasteiger partial charge in [0.1, 0.15) is 5.75 Å². The highest BCUT2D eigenvalue weighted by Crippen LogP contribution is 2.28. The summed E-state index contributed by atoms with van der Waals surface area (Å²) in [7, 11) is 3.32. The van der Waals surface area contributed by atoms with Crippen LogP contribution in [0.25, 0.3) is 16.7 Å². The minimum absolute atomic E-state index is 0.446. The summed E-state index contributed by atoms with van der Waals surface area (Å²) >= 11 is 0. The van der Waals surface area contributed by atoms with Gasteiger partial charge in [-0.3, -0.25) is 4.57 Å². The Labute approximate surface area is 122 Å². The number of rotatable bonds is 4. The van der Waals surface area contributed by atoms with E-state index in [1.54, 1.807) is 14.2 Å². The Bertz CT molecular complexity index is 780. The lowest BCUT2D eigenvalue weighted by molar-refractivity contribution is 0.185. The van der Waals surface area contributed by atoms with Crippen molar-refractivity contribution in [1.29, 1.82) is 0 Å². The summed E-state index contributed by atoms with van der Waals surface area (Å²) in [5, 5.41) is 0. The van der Waals surface area contributed by atoms with Gasteiger partial charge in [-0.25, -0.2) is 4.98 Å². The first kappa shape index (κ1) is 13.5. The molecule has 0 unspecified atom stereocenters. The van der Waals surface area contributed by atoms with Gasteiger partial charge in [0.2, 0.25) is 5.95 Å². The standard InChI is InChI=1S/C16H17N3O2/c1-20-10-11-5-3-4-6-14(11)19-15-9-12(21-2)7-8-13(15)18-16(19)17/h3-9H,10H2,1-2H3,(H2,17,18). The lowest BCUT2D eigenvalue weighted by atomic mass is 10.2. The van der Waals surface area contributed by atoms with Crippen LogP contribution in [0, 0.1) is 0 Å². The Morgan fingerprint density at radius 2 is 1.95 bits per heavy atom. The van der Waals surface area contributed by atoms with Gasteiger partial charge in [-0.15, -0.1) is 0 Å². The van der Waals surface area contributed by atoms with Crippen LogP contribution in [-0.2, 0) is 11.3 Å². The summed E-state index contributed by atoms with van der Waals surface area (Å²) in [5.41, 5.74) is 9.87. The normalized spacial score (nSPS) is 11.0. The fraction of sp³-hybridized carbons (Fsp3) is 0.188. The number of anilines is 1. The molecule has 3 aromatic rings. The van der Waals surface area contributed by atoms with E-state index in [4.69, 9.17) is 15.2 Å². The van der Waals surface area contributed by atoms with Crippen LogP contribution in [0.4, 0.5) is 5.95 Å².